The third kappa shape index (κ3) is 4.92. The largest absolute Gasteiger partial charge is 0.314 e. The fourth-order valence-corrected chi connectivity index (χ4v) is 2.77. The number of rotatable bonds is 6. The van der Waals surface area contributed by atoms with E-state index in [1.54, 1.807) is 0 Å². The van der Waals surface area contributed by atoms with Crippen LogP contribution in [0.1, 0.15) is 38.3 Å². The monoisotopic (exact) mass is 261 g/mol. The molecule has 2 unspecified atom stereocenters. The number of nitrogens with one attached hydrogen (secondary N) is 1. The maximum atomic E-state index is 4.39. The van der Waals surface area contributed by atoms with E-state index in [1.165, 1.54) is 37.9 Å². The molecule has 2 rings (SSSR count). The van der Waals surface area contributed by atoms with E-state index < -0.39 is 0 Å². The van der Waals surface area contributed by atoms with E-state index in [2.05, 4.69) is 41.3 Å². The first-order valence-corrected chi connectivity index (χ1v) is 7.59. The summed E-state index contributed by atoms with van der Waals surface area (Å²) in [4.78, 5) is 6.85. The van der Waals surface area contributed by atoms with Gasteiger partial charge in [-0.2, -0.15) is 0 Å². The smallest absolute Gasteiger partial charge is 0.0416 e. The van der Waals surface area contributed by atoms with Gasteiger partial charge in [0.1, 0.15) is 0 Å². The minimum absolute atomic E-state index is 0.638. The molecule has 1 aliphatic rings. The maximum Gasteiger partial charge on any atom is 0.0416 e. The van der Waals surface area contributed by atoms with Crippen molar-refractivity contribution in [1.82, 2.24) is 15.2 Å². The van der Waals surface area contributed by atoms with Crippen LogP contribution in [0.4, 0.5) is 0 Å². The lowest BCUT2D eigenvalue weighted by atomic mass is 9.98. The molecule has 0 aromatic carbocycles. The van der Waals surface area contributed by atoms with Crippen LogP contribution < -0.4 is 5.32 Å². The topological polar surface area (TPSA) is 28.2 Å². The van der Waals surface area contributed by atoms with Crippen molar-refractivity contribution in [2.24, 2.45) is 0 Å². The van der Waals surface area contributed by atoms with Gasteiger partial charge in [0.15, 0.2) is 0 Å². The van der Waals surface area contributed by atoms with Crippen molar-refractivity contribution in [3.05, 3.63) is 30.1 Å². The second kappa shape index (κ2) is 7.61. The zero-order chi connectivity index (χ0) is 13.5. The molecule has 1 saturated heterocycles. The second-order valence-electron chi connectivity index (χ2n) is 5.78. The first-order chi connectivity index (χ1) is 9.25. The van der Waals surface area contributed by atoms with Crippen LogP contribution in [-0.4, -0.2) is 42.1 Å². The molecule has 0 spiro atoms. The molecule has 3 nitrogen and oxygen atoms in total. The first kappa shape index (κ1) is 14.5. The average molecular weight is 261 g/mol. The fourth-order valence-electron chi connectivity index (χ4n) is 2.77. The summed E-state index contributed by atoms with van der Waals surface area (Å²) in [5, 5.41) is 3.64. The van der Waals surface area contributed by atoms with Gasteiger partial charge in [-0.15, -0.1) is 0 Å². The third-order valence-corrected chi connectivity index (χ3v) is 4.24. The van der Waals surface area contributed by atoms with Crippen LogP contribution in [0, 0.1) is 0 Å². The van der Waals surface area contributed by atoms with Crippen molar-refractivity contribution < 1.29 is 0 Å². The number of aromatic nitrogens is 1. The summed E-state index contributed by atoms with van der Waals surface area (Å²) in [5.74, 6) is 0. The Hall–Kier alpha value is -0.930. The van der Waals surface area contributed by atoms with E-state index in [4.69, 9.17) is 0 Å². The second-order valence-corrected chi connectivity index (χ2v) is 5.78. The minimum Gasteiger partial charge on any atom is -0.314 e. The van der Waals surface area contributed by atoms with E-state index in [0.717, 1.165) is 19.0 Å². The van der Waals surface area contributed by atoms with Crippen molar-refractivity contribution in [1.29, 1.82) is 0 Å². The highest BCUT2D eigenvalue weighted by atomic mass is 15.1. The van der Waals surface area contributed by atoms with Gasteiger partial charge in [-0.25, -0.2) is 0 Å². The van der Waals surface area contributed by atoms with E-state index in [0.29, 0.717) is 6.04 Å². The maximum absolute atomic E-state index is 4.39. The van der Waals surface area contributed by atoms with Gasteiger partial charge in [-0.3, -0.25) is 4.98 Å². The Morgan fingerprint density at radius 3 is 3.00 bits per heavy atom. The van der Waals surface area contributed by atoms with E-state index in [1.807, 2.05) is 12.3 Å². The Bertz CT molecular complexity index is 346. The Morgan fingerprint density at radius 1 is 1.42 bits per heavy atom. The van der Waals surface area contributed by atoms with Crippen LogP contribution in [-0.2, 0) is 6.42 Å². The molecule has 0 amide bonds. The molecule has 0 aliphatic carbocycles. The summed E-state index contributed by atoms with van der Waals surface area (Å²) in [6.07, 6.45) is 8.27. The number of pyridine rings is 1. The molecule has 2 heterocycles. The predicted octanol–water partition coefficient (Wildman–Crippen LogP) is 2.48. The van der Waals surface area contributed by atoms with Crippen molar-refractivity contribution in [3.63, 3.8) is 0 Å². The van der Waals surface area contributed by atoms with E-state index in [-0.39, 0.29) is 0 Å². The Morgan fingerprint density at radius 2 is 2.32 bits per heavy atom. The normalized spacial score (nSPS) is 21.5. The summed E-state index contributed by atoms with van der Waals surface area (Å²) in [5.41, 5.74) is 1.19. The molecule has 1 aliphatic heterocycles. The summed E-state index contributed by atoms with van der Waals surface area (Å²) < 4.78 is 0. The molecule has 1 aromatic rings. The number of piperidine rings is 1. The molecule has 1 fully saturated rings. The standard InChI is InChI=1S/C16H27N3/c1-14(13-16-8-4-6-11-18-16)19(2)12-9-15-7-3-5-10-17-15/h3,5,7,10,14,16,18H,4,6,8-9,11-13H2,1-2H3. The van der Waals surface area contributed by atoms with Crippen LogP contribution in [0.25, 0.3) is 0 Å². The van der Waals surface area contributed by atoms with Gasteiger partial charge < -0.3 is 10.2 Å². The van der Waals surface area contributed by atoms with Crippen LogP contribution in [0.2, 0.25) is 0 Å². The lowest BCUT2D eigenvalue weighted by molar-refractivity contribution is 0.218. The molecule has 106 valence electrons. The summed E-state index contributed by atoms with van der Waals surface area (Å²) in [6, 6.07) is 7.52. The molecule has 0 saturated carbocycles. The lowest BCUT2D eigenvalue weighted by Crippen LogP contribution is -2.41. The number of hydrogen-bond acceptors (Lipinski definition) is 3. The minimum atomic E-state index is 0.638. The Kier molecular flexibility index (Phi) is 5.80. The van der Waals surface area contributed by atoms with E-state index in [9.17, 15) is 0 Å². The first-order valence-electron chi connectivity index (χ1n) is 7.59. The number of nitrogens with zero attached hydrogens (tertiary/aromatic N) is 2. The highest BCUT2D eigenvalue weighted by Gasteiger charge is 2.18. The molecular formula is C16H27N3. The van der Waals surface area contributed by atoms with Crippen LogP contribution >= 0.6 is 0 Å². The predicted molar refractivity (Wildman–Crippen MR) is 80.3 cm³/mol. The van der Waals surface area contributed by atoms with Crippen LogP contribution in [0.5, 0.6) is 0 Å². The molecule has 3 heteroatoms. The Labute approximate surface area is 117 Å². The molecule has 0 radical (unpaired) electrons. The van der Waals surface area contributed by atoms with Crippen molar-refractivity contribution >= 4 is 0 Å². The third-order valence-electron chi connectivity index (χ3n) is 4.24. The number of hydrogen-bond donors (Lipinski definition) is 1. The molecule has 19 heavy (non-hydrogen) atoms. The van der Waals surface area contributed by atoms with Gasteiger partial charge in [-0.05, 0) is 51.9 Å². The van der Waals surface area contributed by atoms with Gasteiger partial charge in [0.2, 0.25) is 0 Å². The van der Waals surface area contributed by atoms with Crippen molar-refractivity contribution in [2.45, 2.75) is 51.1 Å². The summed E-state index contributed by atoms with van der Waals surface area (Å²) >= 11 is 0. The Balaban J connectivity index is 1.71. The van der Waals surface area contributed by atoms with Gasteiger partial charge in [0, 0.05) is 36.9 Å². The average Bonchev–Trinajstić information content (AvgIpc) is 2.47. The SMILES string of the molecule is CC(CC1CCCCN1)N(C)CCc1ccccn1. The fraction of sp³-hybridized carbons (Fsp3) is 0.688. The molecular weight excluding hydrogens is 234 g/mol. The molecule has 2 atom stereocenters. The van der Waals surface area contributed by atoms with Gasteiger partial charge in [-0.1, -0.05) is 12.5 Å². The lowest BCUT2D eigenvalue weighted by Gasteiger charge is -2.31. The zero-order valence-electron chi connectivity index (χ0n) is 12.3. The number of likely N-dealkylation sites (N-methyl/N-ethyl adjacent to an activating group) is 1. The van der Waals surface area contributed by atoms with Crippen molar-refractivity contribution in [2.75, 3.05) is 20.1 Å². The highest BCUT2D eigenvalue weighted by molar-refractivity contribution is 5.03. The van der Waals surface area contributed by atoms with Gasteiger partial charge >= 0.3 is 0 Å². The zero-order valence-corrected chi connectivity index (χ0v) is 12.3. The molecule has 1 N–H and O–H groups in total. The van der Waals surface area contributed by atoms with E-state index >= 15 is 0 Å². The van der Waals surface area contributed by atoms with Gasteiger partial charge in [0.25, 0.3) is 0 Å². The summed E-state index contributed by atoms with van der Waals surface area (Å²) in [6.45, 7) is 4.63. The van der Waals surface area contributed by atoms with Crippen LogP contribution in [0.15, 0.2) is 24.4 Å². The van der Waals surface area contributed by atoms with Crippen LogP contribution in [0.3, 0.4) is 0 Å². The van der Waals surface area contributed by atoms with Crippen molar-refractivity contribution in [3.8, 4) is 0 Å². The van der Waals surface area contributed by atoms with Gasteiger partial charge in [0.05, 0.1) is 0 Å². The quantitative estimate of drug-likeness (QED) is 0.852. The molecule has 1 aromatic heterocycles. The summed E-state index contributed by atoms with van der Waals surface area (Å²) in [7, 11) is 2.23. The molecule has 0 bridgehead atoms. The highest BCUT2D eigenvalue weighted by Crippen LogP contribution is 2.14.